The van der Waals surface area contributed by atoms with Gasteiger partial charge in [-0.25, -0.2) is 13.6 Å². The first-order valence-electron chi connectivity index (χ1n) is 3.01. The van der Waals surface area contributed by atoms with Crippen LogP contribution in [0.5, 0.6) is 0 Å². The summed E-state index contributed by atoms with van der Waals surface area (Å²) in [6.45, 7) is 0. The van der Waals surface area contributed by atoms with E-state index in [2.05, 4.69) is 0 Å². The lowest BCUT2D eigenvalue weighted by atomic mass is 10.2. The SMILES string of the molecule is Nc1ccc(F)c(C(=O)O)c1F. The number of rotatable bonds is 1. The molecule has 3 nitrogen and oxygen atoms in total. The highest BCUT2D eigenvalue weighted by atomic mass is 19.1. The van der Waals surface area contributed by atoms with Crippen LogP contribution in [0.25, 0.3) is 0 Å². The van der Waals surface area contributed by atoms with Crippen molar-refractivity contribution in [3.05, 3.63) is 29.3 Å². The lowest BCUT2D eigenvalue weighted by molar-refractivity contribution is 0.0686. The average molecular weight is 173 g/mol. The smallest absolute Gasteiger partial charge is 0.341 e. The van der Waals surface area contributed by atoms with Crippen molar-refractivity contribution in [1.29, 1.82) is 0 Å². The van der Waals surface area contributed by atoms with Gasteiger partial charge in [0.15, 0.2) is 5.82 Å². The Balaban J connectivity index is 3.43. The van der Waals surface area contributed by atoms with Crippen LogP contribution in [0, 0.1) is 11.6 Å². The Morgan fingerprint density at radius 2 is 2.00 bits per heavy atom. The predicted molar refractivity (Wildman–Crippen MR) is 37.7 cm³/mol. The summed E-state index contributed by atoms with van der Waals surface area (Å²) in [7, 11) is 0. The van der Waals surface area contributed by atoms with Gasteiger partial charge in [-0.3, -0.25) is 0 Å². The predicted octanol–water partition coefficient (Wildman–Crippen LogP) is 1.25. The summed E-state index contributed by atoms with van der Waals surface area (Å²) in [4.78, 5) is 10.3. The Hall–Kier alpha value is -1.65. The quantitative estimate of drug-likeness (QED) is 0.628. The van der Waals surface area contributed by atoms with Crippen LogP contribution in [0.1, 0.15) is 10.4 Å². The number of carboxylic acid groups (broad SMARTS) is 1. The molecule has 0 aliphatic heterocycles. The van der Waals surface area contributed by atoms with Crippen LogP contribution in [0.4, 0.5) is 14.5 Å². The number of hydrogen-bond donors (Lipinski definition) is 2. The first-order chi connectivity index (χ1) is 5.54. The molecule has 12 heavy (non-hydrogen) atoms. The minimum atomic E-state index is -1.67. The molecular formula is C7H5F2NO2. The molecule has 0 aliphatic carbocycles. The third kappa shape index (κ3) is 1.20. The maximum absolute atomic E-state index is 12.8. The Kier molecular flexibility index (Phi) is 1.95. The van der Waals surface area contributed by atoms with E-state index in [-0.39, 0.29) is 5.69 Å². The van der Waals surface area contributed by atoms with Crippen LogP contribution in [0.2, 0.25) is 0 Å². The molecule has 0 unspecified atom stereocenters. The summed E-state index contributed by atoms with van der Waals surface area (Å²) in [5, 5.41) is 8.34. The van der Waals surface area contributed by atoms with Crippen LogP contribution < -0.4 is 5.73 Å². The van der Waals surface area contributed by atoms with E-state index in [1.165, 1.54) is 0 Å². The second kappa shape index (κ2) is 2.77. The van der Waals surface area contributed by atoms with Crippen molar-refractivity contribution in [2.75, 3.05) is 5.73 Å². The van der Waals surface area contributed by atoms with Crippen LogP contribution in [-0.4, -0.2) is 11.1 Å². The number of aromatic carboxylic acids is 1. The van der Waals surface area contributed by atoms with Gasteiger partial charge >= 0.3 is 5.97 Å². The largest absolute Gasteiger partial charge is 0.477 e. The summed E-state index contributed by atoms with van der Waals surface area (Å²) in [5.74, 6) is -4.03. The first kappa shape index (κ1) is 8.45. The molecule has 0 heterocycles. The van der Waals surface area contributed by atoms with Crippen LogP contribution >= 0.6 is 0 Å². The maximum atomic E-state index is 12.8. The summed E-state index contributed by atoms with van der Waals surface area (Å²) in [6.07, 6.45) is 0. The number of benzene rings is 1. The molecule has 0 aliphatic rings. The molecule has 1 rings (SSSR count). The molecule has 0 bridgehead atoms. The minimum Gasteiger partial charge on any atom is -0.477 e. The van der Waals surface area contributed by atoms with Gasteiger partial charge in [0.2, 0.25) is 0 Å². The van der Waals surface area contributed by atoms with E-state index in [1.54, 1.807) is 0 Å². The van der Waals surface area contributed by atoms with Crippen molar-refractivity contribution < 1.29 is 18.7 Å². The van der Waals surface area contributed by atoms with Crippen molar-refractivity contribution in [3.8, 4) is 0 Å². The lowest BCUT2D eigenvalue weighted by Gasteiger charge is -2.01. The van der Waals surface area contributed by atoms with Crippen LogP contribution in [0.15, 0.2) is 12.1 Å². The zero-order valence-electron chi connectivity index (χ0n) is 5.84. The second-order valence-electron chi connectivity index (χ2n) is 2.13. The number of carboxylic acids is 1. The third-order valence-electron chi connectivity index (χ3n) is 1.33. The van der Waals surface area contributed by atoms with Gasteiger partial charge in [0.05, 0.1) is 5.69 Å². The molecule has 0 atom stereocenters. The Bertz CT molecular complexity index is 338. The summed E-state index contributed by atoms with van der Waals surface area (Å²) < 4.78 is 25.4. The molecule has 0 aromatic heterocycles. The zero-order valence-corrected chi connectivity index (χ0v) is 5.84. The second-order valence-corrected chi connectivity index (χ2v) is 2.13. The van der Waals surface area contributed by atoms with E-state index >= 15 is 0 Å². The van der Waals surface area contributed by atoms with Crippen LogP contribution in [-0.2, 0) is 0 Å². The molecule has 1 aromatic carbocycles. The van der Waals surface area contributed by atoms with Gasteiger partial charge in [-0.15, -0.1) is 0 Å². The molecule has 0 spiro atoms. The third-order valence-corrected chi connectivity index (χ3v) is 1.33. The van der Waals surface area contributed by atoms with E-state index in [9.17, 15) is 13.6 Å². The highest BCUT2D eigenvalue weighted by molar-refractivity contribution is 5.89. The highest BCUT2D eigenvalue weighted by Crippen LogP contribution is 2.17. The number of anilines is 1. The highest BCUT2D eigenvalue weighted by Gasteiger charge is 2.17. The minimum absolute atomic E-state index is 0.381. The van der Waals surface area contributed by atoms with Gasteiger partial charge in [-0.2, -0.15) is 0 Å². The van der Waals surface area contributed by atoms with E-state index in [0.29, 0.717) is 0 Å². The standard InChI is InChI=1S/C7H5F2NO2/c8-3-1-2-4(10)6(9)5(3)7(11)12/h1-2H,10H2,(H,11,12). The van der Waals surface area contributed by atoms with E-state index in [0.717, 1.165) is 12.1 Å². The number of carbonyl (C=O) groups is 1. The van der Waals surface area contributed by atoms with Gasteiger partial charge < -0.3 is 10.8 Å². The number of halogens is 2. The molecule has 0 saturated carbocycles. The number of nitrogen functional groups attached to an aromatic ring is 1. The van der Waals surface area contributed by atoms with Gasteiger partial charge in [0.25, 0.3) is 0 Å². The molecule has 0 saturated heterocycles. The van der Waals surface area contributed by atoms with Crippen molar-refractivity contribution in [1.82, 2.24) is 0 Å². The van der Waals surface area contributed by atoms with E-state index < -0.39 is 23.2 Å². The van der Waals surface area contributed by atoms with Gasteiger partial charge in [-0.05, 0) is 12.1 Å². The molecule has 0 radical (unpaired) electrons. The van der Waals surface area contributed by atoms with Gasteiger partial charge in [0.1, 0.15) is 11.4 Å². The average Bonchev–Trinajstić information content (AvgIpc) is 1.97. The summed E-state index contributed by atoms with van der Waals surface area (Å²) in [5.41, 5.74) is 3.62. The molecule has 3 N–H and O–H groups in total. The molecule has 64 valence electrons. The normalized spacial score (nSPS) is 9.83. The molecule has 0 fully saturated rings. The topological polar surface area (TPSA) is 63.3 Å². The summed E-state index contributed by atoms with van der Waals surface area (Å²) >= 11 is 0. The van der Waals surface area contributed by atoms with Crippen molar-refractivity contribution >= 4 is 11.7 Å². The van der Waals surface area contributed by atoms with E-state index in [4.69, 9.17) is 10.8 Å². The van der Waals surface area contributed by atoms with Crippen molar-refractivity contribution in [3.63, 3.8) is 0 Å². The molecule has 1 aromatic rings. The first-order valence-corrected chi connectivity index (χ1v) is 3.01. The number of hydrogen-bond acceptors (Lipinski definition) is 2. The van der Waals surface area contributed by atoms with Gasteiger partial charge in [0, 0.05) is 0 Å². The van der Waals surface area contributed by atoms with Gasteiger partial charge in [-0.1, -0.05) is 0 Å². The molecular weight excluding hydrogens is 168 g/mol. The van der Waals surface area contributed by atoms with E-state index in [1.807, 2.05) is 0 Å². The number of nitrogens with two attached hydrogens (primary N) is 1. The zero-order chi connectivity index (χ0) is 9.30. The Morgan fingerprint density at radius 1 is 1.42 bits per heavy atom. The van der Waals surface area contributed by atoms with Crippen molar-refractivity contribution in [2.24, 2.45) is 0 Å². The molecule has 5 heteroatoms. The summed E-state index contributed by atoms with van der Waals surface area (Å²) in [6, 6.07) is 1.78. The lowest BCUT2D eigenvalue weighted by Crippen LogP contribution is -2.06. The fraction of sp³-hybridized carbons (Fsp3) is 0. The monoisotopic (exact) mass is 173 g/mol. The Morgan fingerprint density at radius 3 is 2.42 bits per heavy atom. The fourth-order valence-electron chi connectivity index (χ4n) is 0.765. The Labute approximate surface area is 66.4 Å². The molecule has 0 amide bonds. The maximum Gasteiger partial charge on any atom is 0.341 e. The van der Waals surface area contributed by atoms with Crippen molar-refractivity contribution in [2.45, 2.75) is 0 Å². The fourth-order valence-corrected chi connectivity index (χ4v) is 0.765. The van der Waals surface area contributed by atoms with Crippen LogP contribution in [0.3, 0.4) is 0 Å².